The van der Waals surface area contributed by atoms with Crippen LogP contribution in [0.15, 0.2) is 12.1 Å². The van der Waals surface area contributed by atoms with Crippen LogP contribution in [-0.4, -0.2) is 43.3 Å². The number of carbonyl (C=O) groups is 1. The van der Waals surface area contributed by atoms with E-state index in [2.05, 4.69) is 0 Å². The molecular weight excluding hydrogens is 282 g/mol. The highest BCUT2D eigenvalue weighted by atomic mass is 32.2. The Labute approximate surface area is 118 Å². The summed E-state index contributed by atoms with van der Waals surface area (Å²) in [5.41, 5.74) is 0. The average Bonchev–Trinajstić information content (AvgIpc) is 2.85. The highest BCUT2D eigenvalue weighted by molar-refractivity contribution is 7.92. The van der Waals surface area contributed by atoms with E-state index in [0.29, 0.717) is 25.9 Å². The van der Waals surface area contributed by atoms with Crippen molar-refractivity contribution in [2.45, 2.75) is 31.9 Å². The molecule has 0 aromatic carbocycles. The predicted molar refractivity (Wildman–Crippen MR) is 77.4 cm³/mol. The zero-order valence-electron chi connectivity index (χ0n) is 11.3. The number of hydrogen-bond acceptors (Lipinski definition) is 4. The van der Waals surface area contributed by atoms with Crippen LogP contribution in [0.1, 0.15) is 34.3 Å². The highest BCUT2D eigenvalue weighted by Crippen LogP contribution is 2.22. The molecule has 2 rings (SSSR count). The summed E-state index contributed by atoms with van der Waals surface area (Å²) in [6, 6.07) is 3.78. The van der Waals surface area contributed by atoms with Crippen molar-refractivity contribution in [3.63, 3.8) is 0 Å². The topological polar surface area (TPSA) is 54.5 Å². The number of rotatable bonds is 3. The number of carbonyl (C=O) groups excluding carboxylic acids is 1. The Bertz CT molecular complexity index is 554. The van der Waals surface area contributed by atoms with Crippen molar-refractivity contribution in [3.8, 4) is 0 Å². The second-order valence-electron chi connectivity index (χ2n) is 4.85. The van der Waals surface area contributed by atoms with E-state index in [-0.39, 0.29) is 16.9 Å². The smallest absolute Gasteiger partial charge is 0.263 e. The molecular formula is C13H19NO3S2. The molecule has 1 aromatic heterocycles. The van der Waals surface area contributed by atoms with Crippen molar-refractivity contribution in [1.82, 2.24) is 4.90 Å². The van der Waals surface area contributed by atoms with Gasteiger partial charge in [0, 0.05) is 23.7 Å². The first kappa shape index (κ1) is 14.5. The van der Waals surface area contributed by atoms with Gasteiger partial charge in [-0.05, 0) is 31.9 Å². The van der Waals surface area contributed by atoms with Crippen LogP contribution >= 0.6 is 11.3 Å². The zero-order chi connectivity index (χ0) is 14.0. The Morgan fingerprint density at radius 2 is 2.00 bits per heavy atom. The molecule has 1 amide bonds. The number of amides is 1. The standard InChI is InChI=1S/C13H19NO3S2/c1-3-19(16,17)11-6-8-14(9-7-11)13(15)12-5-4-10(2)18-12/h4-5,11H,3,6-9H2,1-2H3. The summed E-state index contributed by atoms with van der Waals surface area (Å²) in [4.78, 5) is 15.9. The van der Waals surface area contributed by atoms with Crippen molar-refractivity contribution in [3.05, 3.63) is 21.9 Å². The van der Waals surface area contributed by atoms with Crippen molar-refractivity contribution >= 4 is 27.1 Å². The van der Waals surface area contributed by atoms with Crippen LogP contribution in [0, 0.1) is 6.92 Å². The summed E-state index contributed by atoms with van der Waals surface area (Å²) in [6.45, 7) is 4.74. The van der Waals surface area contributed by atoms with E-state index in [0.717, 1.165) is 9.75 Å². The molecule has 1 aromatic rings. The minimum atomic E-state index is -2.97. The third-order valence-corrected chi connectivity index (χ3v) is 6.87. The van der Waals surface area contributed by atoms with Crippen LogP contribution in [-0.2, 0) is 9.84 Å². The fraction of sp³-hybridized carbons (Fsp3) is 0.615. The van der Waals surface area contributed by atoms with Crippen LogP contribution in [0.2, 0.25) is 0 Å². The van der Waals surface area contributed by atoms with Gasteiger partial charge in [0.2, 0.25) is 0 Å². The molecule has 0 saturated carbocycles. The van der Waals surface area contributed by atoms with Gasteiger partial charge in [-0.2, -0.15) is 0 Å². The fourth-order valence-corrected chi connectivity index (χ4v) is 4.59. The molecule has 0 bridgehead atoms. The third-order valence-electron chi connectivity index (χ3n) is 3.59. The lowest BCUT2D eigenvalue weighted by Gasteiger charge is -2.31. The lowest BCUT2D eigenvalue weighted by atomic mass is 10.1. The zero-order valence-corrected chi connectivity index (χ0v) is 12.9. The van der Waals surface area contributed by atoms with Gasteiger partial charge in [-0.1, -0.05) is 6.92 Å². The number of nitrogens with zero attached hydrogens (tertiary/aromatic N) is 1. The Balaban J connectivity index is 1.99. The summed E-state index contributed by atoms with van der Waals surface area (Å²) < 4.78 is 23.6. The van der Waals surface area contributed by atoms with Gasteiger partial charge in [0.05, 0.1) is 10.1 Å². The lowest BCUT2D eigenvalue weighted by molar-refractivity contribution is 0.0730. The number of hydrogen-bond donors (Lipinski definition) is 0. The monoisotopic (exact) mass is 301 g/mol. The molecule has 0 unspecified atom stereocenters. The van der Waals surface area contributed by atoms with Gasteiger partial charge in [0.25, 0.3) is 5.91 Å². The summed E-state index contributed by atoms with van der Waals surface area (Å²) in [5.74, 6) is 0.223. The lowest BCUT2D eigenvalue weighted by Crippen LogP contribution is -2.42. The van der Waals surface area contributed by atoms with Gasteiger partial charge in [0.15, 0.2) is 9.84 Å². The molecule has 106 valence electrons. The molecule has 0 spiro atoms. The van der Waals surface area contributed by atoms with Crippen LogP contribution in [0.25, 0.3) is 0 Å². The van der Waals surface area contributed by atoms with E-state index in [1.54, 1.807) is 11.8 Å². The highest BCUT2D eigenvalue weighted by Gasteiger charge is 2.30. The molecule has 0 radical (unpaired) electrons. The Kier molecular flexibility index (Phi) is 4.30. The first-order valence-corrected chi connectivity index (χ1v) is 9.04. The fourth-order valence-electron chi connectivity index (χ4n) is 2.36. The number of aryl methyl sites for hydroxylation is 1. The second-order valence-corrected chi connectivity index (χ2v) is 8.71. The first-order valence-electron chi connectivity index (χ1n) is 6.51. The quantitative estimate of drug-likeness (QED) is 0.859. The van der Waals surface area contributed by atoms with E-state index in [1.807, 2.05) is 19.1 Å². The average molecular weight is 301 g/mol. The minimum Gasteiger partial charge on any atom is -0.338 e. The summed E-state index contributed by atoms with van der Waals surface area (Å²) >= 11 is 1.49. The van der Waals surface area contributed by atoms with Crippen LogP contribution < -0.4 is 0 Å². The molecule has 1 aliphatic rings. The molecule has 1 aliphatic heterocycles. The van der Waals surface area contributed by atoms with Gasteiger partial charge < -0.3 is 4.90 Å². The van der Waals surface area contributed by atoms with Crippen molar-refractivity contribution in [2.24, 2.45) is 0 Å². The Morgan fingerprint density at radius 3 is 2.47 bits per heavy atom. The summed E-state index contributed by atoms with van der Waals surface area (Å²) in [6.07, 6.45) is 1.12. The normalized spacial score (nSPS) is 17.7. The van der Waals surface area contributed by atoms with E-state index in [4.69, 9.17) is 0 Å². The first-order chi connectivity index (χ1) is 8.94. The molecule has 0 aliphatic carbocycles. The van der Waals surface area contributed by atoms with Crippen molar-refractivity contribution in [1.29, 1.82) is 0 Å². The van der Waals surface area contributed by atoms with Crippen LogP contribution in [0.4, 0.5) is 0 Å². The number of sulfone groups is 1. The van der Waals surface area contributed by atoms with Gasteiger partial charge in [0.1, 0.15) is 0 Å². The number of thiophene rings is 1. The molecule has 6 heteroatoms. The molecule has 1 saturated heterocycles. The maximum Gasteiger partial charge on any atom is 0.263 e. The van der Waals surface area contributed by atoms with Gasteiger partial charge in [-0.15, -0.1) is 11.3 Å². The van der Waals surface area contributed by atoms with Crippen molar-refractivity contribution in [2.75, 3.05) is 18.8 Å². The van der Waals surface area contributed by atoms with E-state index in [1.165, 1.54) is 11.3 Å². The largest absolute Gasteiger partial charge is 0.338 e. The van der Waals surface area contributed by atoms with E-state index in [9.17, 15) is 13.2 Å². The third kappa shape index (κ3) is 3.17. The molecule has 4 nitrogen and oxygen atoms in total. The number of piperidine rings is 1. The molecule has 0 atom stereocenters. The summed E-state index contributed by atoms with van der Waals surface area (Å²) in [5, 5.41) is -0.272. The maximum atomic E-state index is 12.2. The molecule has 1 fully saturated rings. The van der Waals surface area contributed by atoms with E-state index >= 15 is 0 Å². The second kappa shape index (κ2) is 5.63. The number of likely N-dealkylation sites (tertiary alicyclic amines) is 1. The molecule has 0 N–H and O–H groups in total. The maximum absolute atomic E-state index is 12.2. The molecule has 19 heavy (non-hydrogen) atoms. The van der Waals surface area contributed by atoms with Gasteiger partial charge in [-0.3, -0.25) is 4.79 Å². The molecule has 2 heterocycles. The van der Waals surface area contributed by atoms with Crippen LogP contribution in [0.5, 0.6) is 0 Å². The summed E-state index contributed by atoms with van der Waals surface area (Å²) in [7, 11) is -2.97. The minimum absolute atomic E-state index is 0.0328. The SMILES string of the molecule is CCS(=O)(=O)C1CCN(C(=O)c2ccc(C)s2)CC1. The Hall–Kier alpha value is -0.880. The van der Waals surface area contributed by atoms with Crippen LogP contribution in [0.3, 0.4) is 0 Å². The Morgan fingerprint density at radius 1 is 1.37 bits per heavy atom. The van der Waals surface area contributed by atoms with Gasteiger partial charge >= 0.3 is 0 Å². The predicted octanol–water partition coefficient (Wildman–Crippen LogP) is 2.10. The van der Waals surface area contributed by atoms with E-state index < -0.39 is 9.84 Å². The van der Waals surface area contributed by atoms with Crippen molar-refractivity contribution < 1.29 is 13.2 Å². The van der Waals surface area contributed by atoms with Gasteiger partial charge in [-0.25, -0.2) is 8.42 Å².